The summed E-state index contributed by atoms with van der Waals surface area (Å²) in [5.74, 6) is 0.872. The number of nitrogens with zero attached hydrogens (tertiary/aromatic N) is 2. The molecule has 0 saturated carbocycles. The minimum Gasteiger partial charge on any atom is -0.496 e. The molecule has 0 amide bonds. The van der Waals surface area contributed by atoms with Crippen molar-refractivity contribution in [2.75, 3.05) is 25.1 Å². The van der Waals surface area contributed by atoms with E-state index in [0.29, 0.717) is 27.8 Å². The quantitative estimate of drug-likeness (QED) is 0.487. The van der Waals surface area contributed by atoms with Crippen molar-refractivity contribution >= 4 is 27.8 Å². The van der Waals surface area contributed by atoms with Crippen molar-refractivity contribution < 1.29 is 13.6 Å². The normalized spacial score (nSPS) is 11.2. The van der Waals surface area contributed by atoms with Crippen LogP contribution in [0, 0.1) is 0 Å². The third kappa shape index (κ3) is 2.93. The van der Waals surface area contributed by atoms with E-state index in [0.717, 1.165) is 18.8 Å². The lowest BCUT2D eigenvalue weighted by atomic mass is 10.1. The van der Waals surface area contributed by atoms with E-state index in [1.807, 2.05) is 36.4 Å². The van der Waals surface area contributed by atoms with Crippen LogP contribution in [-0.2, 0) is 0 Å². The zero-order chi connectivity index (χ0) is 19.0. The fourth-order valence-corrected chi connectivity index (χ4v) is 3.25. The number of hydrogen-bond donors (Lipinski definition) is 0. The number of para-hydroxylation sites is 2. The van der Waals surface area contributed by atoms with E-state index in [1.165, 1.54) is 0 Å². The minimum atomic E-state index is -0.493. The van der Waals surface area contributed by atoms with Gasteiger partial charge in [0.2, 0.25) is 5.89 Å². The van der Waals surface area contributed by atoms with Gasteiger partial charge in [0.15, 0.2) is 5.58 Å². The van der Waals surface area contributed by atoms with Gasteiger partial charge in [-0.3, -0.25) is 0 Å². The van der Waals surface area contributed by atoms with Gasteiger partial charge < -0.3 is 18.5 Å². The monoisotopic (exact) mass is 364 g/mol. The van der Waals surface area contributed by atoms with Gasteiger partial charge in [0.1, 0.15) is 22.4 Å². The van der Waals surface area contributed by atoms with Gasteiger partial charge >= 0.3 is 5.63 Å². The highest BCUT2D eigenvalue weighted by Gasteiger charge is 2.18. The Morgan fingerprint density at radius 2 is 1.81 bits per heavy atom. The van der Waals surface area contributed by atoms with Gasteiger partial charge in [-0.1, -0.05) is 12.1 Å². The minimum absolute atomic E-state index is 0.238. The Hall–Kier alpha value is -3.28. The second-order valence-corrected chi connectivity index (χ2v) is 6.17. The maximum Gasteiger partial charge on any atom is 0.349 e. The predicted octanol–water partition coefficient (Wildman–Crippen LogP) is 4.46. The summed E-state index contributed by atoms with van der Waals surface area (Å²) in [7, 11) is 1.60. The number of methoxy groups -OCH3 is 1. The second kappa shape index (κ2) is 6.79. The summed E-state index contributed by atoms with van der Waals surface area (Å²) in [6, 6.07) is 12.9. The average Bonchev–Trinajstić information content (AvgIpc) is 3.11. The van der Waals surface area contributed by atoms with Gasteiger partial charge in [-0.05, 0) is 32.0 Å². The molecule has 2 heterocycles. The number of rotatable bonds is 5. The topological polar surface area (TPSA) is 68.7 Å². The summed E-state index contributed by atoms with van der Waals surface area (Å²) in [5, 5.41) is 0.699. The molecule has 0 saturated heterocycles. The maximum atomic E-state index is 12.6. The summed E-state index contributed by atoms with van der Waals surface area (Å²) >= 11 is 0. The van der Waals surface area contributed by atoms with Crippen LogP contribution in [0.3, 0.4) is 0 Å². The number of hydrogen-bond acceptors (Lipinski definition) is 6. The molecular weight excluding hydrogens is 344 g/mol. The van der Waals surface area contributed by atoms with Gasteiger partial charge in [-0.25, -0.2) is 9.78 Å². The molecule has 2 aromatic heterocycles. The Kier molecular flexibility index (Phi) is 4.32. The second-order valence-electron chi connectivity index (χ2n) is 6.17. The van der Waals surface area contributed by atoms with Crippen molar-refractivity contribution in [2.45, 2.75) is 13.8 Å². The highest BCUT2D eigenvalue weighted by molar-refractivity contribution is 5.90. The van der Waals surface area contributed by atoms with E-state index in [9.17, 15) is 4.79 Å². The van der Waals surface area contributed by atoms with Crippen LogP contribution in [-0.4, -0.2) is 25.2 Å². The fraction of sp³-hybridized carbons (Fsp3) is 0.238. The van der Waals surface area contributed by atoms with Gasteiger partial charge in [0.05, 0.1) is 12.5 Å². The zero-order valence-corrected chi connectivity index (χ0v) is 15.5. The van der Waals surface area contributed by atoms with Crippen LogP contribution in [0.5, 0.6) is 5.75 Å². The van der Waals surface area contributed by atoms with Crippen molar-refractivity contribution in [3.8, 4) is 17.2 Å². The van der Waals surface area contributed by atoms with E-state index in [1.54, 1.807) is 13.2 Å². The zero-order valence-electron chi connectivity index (χ0n) is 15.5. The van der Waals surface area contributed by atoms with Crippen LogP contribution in [0.2, 0.25) is 0 Å². The van der Waals surface area contributed by atoms with Gasteiger partial charge in [0, 0.05) is 30.9 Å². The fourth-order valence-electron chi connectivity index (χ4n) is 3.25. The number of anilines is 1. The lowest BCUT2D eigenvalue weighted by molar-refractivity contribution is 0.418. The molecule has 0 unspecified atom stereocenters. The highest BCUT2D eigenvalue weighted by atomic mass is 16.5. The first-order valence-corrected chi connectivity index (χ1v) is 8.91. The molecule has 6 heteroatoms. The largest absolute Gasteiger partial charge is 0.496 e. The van der Waals surface area contributed by atoms with Crippen LogP contribution in [0.1, 0.15) is 13.8 Å². The molecule has 27 heavy (non-hydrogen) atoms. The van der Waals surface area contributed by atoms with E-state index >= 15 is 0 Å². The van der Waals surface area contributed by atoms with E-state index in [-0.39, 0.29) is 11.5 Å². The number of fused-ring (bicyclic) bond motifs is 2. The Morgan fingerprint density at radius 3 is 2.52 bits per heavy atom. The van der Waals surface area contributed by atoms with E-state index in [2.05, 4.69) is 23.7 Å². The van der Waals surface area contributed by atoms with E-state index in [4.69, 9.17) is 13.6 Å². The number of aromatic nitrogens is 1. The molecule has 2 aromatic carbocycles. The SMILES string of the molecule is CCN(CC)c1cc(OC)c2cc(-c3nc4ccccc4o3)c(=O)oc2c1. The highest BCUT2D eigenvalue weighted by Crippen LogP contribution is 2.33. The van der Waals surface area contributed by atoms with Gasteiger partial charge in [0.25, 0.3) is 0 Å². The molecule has 4 rings (SSSR count). The number of oxazole rings is 1. The van der Waals surface area contributed by atoms with Crippen molar-refractivity contribution in [3.63, 3.8) is 0 Å². The molecular formula is C21H20N2O4. The standard InChI is InChI=1S/C21H20N2O4/c1-4-23(5-2)13-10-18(25-3)14-12-15(21(24)27-19(14)11-13)20-22-16-8-6-7-9-17(16)26-20/h6-12H,4-5H2,1-3H3. The predicted molar refractivity (Wildman–Crippen MR) is 106 cm³/mol. The maximum absolute atomic E-state index is 12.6. The summed E-state index contributed by atoms with van der Waals surface area (Å²) in [4.78, 5) is 19.2. The van der Waals surface area contributed by atoms with Crippen LogP contribution >= 0.6 is 0 Å². The average molecular weight is 364 g/mol. The van der Waals surface area contributed by atoms with E-state index < -0.39 is 5.63 Å². The third-order valence-corrected chi connectivity index (χ3v) is 4.67. The Labute approximate surface area is 156 Å². The van der Waals surface area contributed by atoms with Gasteiger partial charge in [-0.2, -0.15) is 0 Å². The third-order valence-electron chi connectivity index (χ3n) is 4.67. The molecule has 0 atom stereocenters. The van der Waals surface area contributed by atoms with Crippen molar-refractivity contribution in [1.29, 1.82) is 0 Å². The lowest BCUT2D eigenvalue weighted by Crippen LogP contribution is -2.21. The van der Waals surface area contributed by atoms with Crippen LogP contribution in [0.15, 0.2) is 56.1 Å². The summed E-state index contributed by atoms with van der Waals surface area (Å²) in [6.45, 7) is 5.84. The molecule has 4 aromatic rings. The molecule has 0 aliphatic rings. The molecule has 0 fully saturated rings. The molecule has 0 N–H and O–H groups in total. The molecule has 0 radical (unpaired) electrons. The molecule has 0 spiro atoms. The number of ether oxygens (including phenoxy) is 1. The smallest absolute Gasteiger partial charge is 0.349 e. The van der Waals surface area contributed by atoms with Crippen molar-refractivity contribution in [1.82, 2.24) is 4.98 Å². The van der Waals surface area contributed by atoms with Crippen LogP contribution in [0.4, 0.5) is 5.69 Å². The molecule has 0 bridgehead atoms. The van der Waals surface area contributed by atoms with Crippen LogP contribution < -0.4 is 15.3 Å². The van der Waals surface area contributed by atoms with Gasteiger partial charge in [-0.15, -0.1) is 0 Å². The summed E-state index contributed by atoms with van der Waals surface area (Å²) in [5.41, 5.74) is 2.51. The molecule has 0 aliphatic carbocycles. The van der Waals surface area contributed by atoms with Crippen molar-refractivity contribution in [2.24, 2.45) is 0 Å². The number of benzene rings is 2. The molecule has 6 nitrogen and oxygen atoms in total. The summed E-state index contributed by atoms with van der Waals surface area (Å²) in [6.07, 6.45) is 0. The Bertz CT molecular complexity index is 1140. The lowest BCUT2D eigenvalue weighted by Gasteiger charge is -2.22. The van der Waals surface area contributed by atoms with Crippen LogP contribution in [0.25, 0.3) is 33.5 Å². The Morgan fingerprint density at radius 1 is 1.04 bits per heavy atom. The first-order chi connectivity index (χ1) is 13.1. The Balaban J connectivity index is 1.92. The first kappa shape index (κ1) is 17.1. The van der Waals surface area contributed by atoms with Crippen molar-refractivity contribution in [3.05, 3.63) is 52.9 Å². The first-order valence-electron chi connectivity index (χ1n) is 8.91. The molecule has 0 aliphatic heterocycles. The molecule has 138 valence electrons. The summed E-state index contributed by atoms with van der Waals surface area (Å²) < 4.78 is 16.9.